The summed E-state index contributed by atoms with van der Waals surface area (Å²) >= 11 is 0. The van der Waals surface area contributed by atoms with Crippen LogP contribution in [0.1, 0.15) is 13.3 Å². The van der Waals surface area contributed by atoms with Crippen LogP contribution < -0.4 is 5.32 Å². The molecule has 0 spiro atoms. The van der Waals surface area contributed by atoms with Crippen LogP contribution in [0.4, 0.5) is 0 Å². The maximum Gasteiger partial charge on any atom is 0.253 e. The summed E-state index contributed by atoms with van der Waals surface area (Å²) in [5.74, 6) is 0.324. The van der Waals surface area contributed by atoms with Gasteiger partial charge in [-0.05, 0) is 6.42 Å². The Bertz CT molecular complexity index is 177. The highest BCUT2D eigenvalue weighted by Crippen LogP contribution is 2.16. The molecule has 1 saturated heterocycles. The minimum atomic E-state index is -0.413. The zero-order chi connectivity index (χ0) is 7.56. The van der Waals surface area contributed by atoms with Crippen molar-refractivity contribution in [3.8, 4) is 0 Å². The number of nitrogens with zero attached hydrogens (tertiary/aromatic N) is 1. The van der Waals surface area contributed by atoms with Crippen LogP contribution in [-0.4, -0.2) is 11.5 Å². The zero-order valence-electron chi connectivity index (χ0n) is 5.83. The van der Waals surface area contributed by atoms with Gasteiger partial charge < -0.3 is 5.32 Å². The fraction of sp³-hybridized carbons (Fsp3) is 0.667. The van der Waals surface area contributed by atoms with Gasteiger partial charge in [0.25, 0.3) is 6.20 Å². The summed E-state index contributed by atoms with van der Waals surface area (Å²) in [5.41, 5.74) is 0.755. The Hall–Kier alpha value is -1.06. The molecule has 1 rings (SSSR count). The van der Waals surface area contributed by atoms with Crippen molar-refractivity contribution in [1.29, 1.82) is 0 Å². The molecule has 1 unspecified atom stereocenters. The van der Waals surface area contributed by atoms with Crippen molar-refractivity contribution >= 4 is 0 Å². The van der Waals surface area contributed by atoms with Gasteiger partial charge in [-0.2, -0.15) is 0 Å². The molecule has 1 N–H and O–H groups in total. The number of nitrogens with one attached hydrogen (secondary N) is 1. The van der Waals surface area contributed by atoms with Gasteiger partial charge in [0, 0.05) is 12.5 Å². The zero-order valence-corrected chi connectivity index (χ0v) is 5.83. The Balaban J connectivity index is 2.62. The van der Waals surface area contributed by atoms with Crippen LogP contribution in [0.2, 0.25) is 0 Å². The van der Waals surface area contributed by atoms with E-state index >= 15 is 0 Å². The molecule has 1 atom stereocenters. The maximum absolute atomic E-state index is 9.99. The first-order valence-corrected chi connectivity index (χ1v) is 3.29. The van der Waals surface area contributed by atoms with Crippen molar-refractivity contribution in [3.63, 3.8) is 0 Å². The molecule has 0 aromatic heterocycles. The fourth-order valence-corrected chi connectivity index (χ4v) is 1.05. The third kappa shape index (κ3) is 1.46. The van der Waals surface area contributed by atoms with E-state index in [1.165, 1.54) is 0 Å². The molecule has 10 heavy (non-hydrogen) atoms. The molecule has 1 aliphatic heterocycles. The molecule has 4 nitrogen and oxygen atoms in total. The molecular formula is C6H10N2O2. The van der Waals surface area contributed by atoms with Gasteiger partial charge in [-0.1, -0.05) is 6.92 Å². The molecule has 0 saturated carbocycles. The van der Waals surface area contributed by atoms with Crippen molar-refractivity contribution in [2.24, 2.45) is 5.92 Å². The lowest BCUT2D eigenvalue weighted by molar-refractivity contribution is -0.404. The highest BCUT2D eigenvalue weighted by molar-refractivity contribution is 5.04. The normalized spacial score (nSPS) is 28.5. The first-order valence-electron chi connectivity index (χ1n) is 3.29. The van der Waals surface area contributed by atoms with Crippen LogP contribution in [0.15, 0.2) is 11.9 Å². The summed E-state index contributed by atoms with van der Waals surface area (Å²) < 4.78 is 0. The van der Waals surface area contributed by atoms with Crippen molar-refractivity contribution in [3.05, 3.63) is 22.0 Å². The predicted octanol–water partition coefficient (Wildman–Crippen LogP) is 0.734. The second-order valence-corrected chi connectivity index (χ2v) is 2.49. The monoisotopic (exact) mass is 142 g/mol. The Morgan fingerprint density at radius 1 is 1.90 bits per heavy atom. The summed E-state index contributed by atoms with van der Waals surface area (Å²) in [5, 5.41) is 12.9. The van der Waals surface area contributed by atoms with Gasteiger partial charge in [-0.3, -0.25) is 10.1 Å². The smallest absolute Gasteiger partial charge is 0.253 e. The summed E-state index contributed by atoms with van der Waals surface area (Å²) in [7, 11) is 0. The quantitative estimate of drug-likeness (QED) is 0.434. The molecule has 1 fully saturated rings. The van der Waals surface area contributed by atoms with Crippen LogP contribution in [0.3, 0.4) is 0 Å². The van der Waals surface area contributed by atoms with Gasteiger partial charge in [-0.25, -0.2) is 0 Å². The largest absolute Gasteiger partial charge is 0.383 e. The first-order chi connectivity index (χ1) is 4.70. The Labute approximate surface area is 59.1 Å². The minimum Gasteiger partial charge on any atom is -0.383 e. The molecule has 0 aromatic carbocycles. The lowest BCUT2D eigenvalue weighted by Crippen LogP contribution is -2.07. The Kier molecular flexibility index (Phi) is 1.89. The van der Waals surface area contributed by atoms with E-state index < -0.39 is 4.92 Å². The second-order valence-electron chi connectivity index (χ2n) is 2.49. The number of nitro groups is 1. The van der Waals surface area contributed by atoms with E-state index in [2.05, 4.69) is 5.32 Å². The standard InChI is InChI=1S/C6H10N2O2/c1-5-2-3-7-6(5)4-8(9)10/h4-5,7H,2-3H2,1H3/b6-4-. The molecule has 0 aliphatic carbocycles. The molecule has 56 valence electrons. The van der Waals surface area contributed by atoms with Crippen molar-refractivity contribution in [1.82, 2.24) is 5.32 Å². The highest BCUT2D eigenvalue weighted by Gasteiger charge is 2.17. The van der Waals surface area contributed by atoms with Crippen molar-refractivity contribution < 1.29 is 4.92 Å². The molecule has 0 bridgehead atoms. The highest BCUT2D eigenvalue weighted by atomic mass is 16.6. The van der Waals surface area contributed by atoms with Gasteiger partial charge >= 0.3 is 0 Å². The third-order valence-corrected chi connectivity index (χ3v) is 1.68. The number of hydrogen-bond donors (Lipinski definition) is 1. The summed E-state index contributed by atoms with van der Waals surface area (Å²) in [6.45, 7) is 2.84. The third-order valence-electron chi connectivity index (χ3n) is 1.68. The van der Waals surface area contributed by atoms with Crippen molar-refractivity contribution in [2.75, 3.05) is 6.54 Å². The topological polar surface area (TPSA) is 55.2 Å². The fourth-order valence-electron chi connectivity index (χ4n) is 1.05. The molecule has 1 aliphatic rings. The molecule has 1 heterocycles. The predicted molar refractivity (Wildman–Crippen MR) is 36.9 cm³/mol. The van der Waals surface area contributed by atoms with E-state index in [9.17, 15) is 10.1 Å². The SMILES string of the molecule is CC1CCN/C1=C\[N+](=O)[O-]. The molecule has 0 amide bonds. The van der Waals surface area contributed by atoms with E-state index in [0.717, 1.165) is 24.9 Å². The van der Waals surface area contributed by atoms with Gasteiger partial charge in [-0.15, -0.1) is 0 Å². The number of rotatable bonds is 1. The number of allylic oxidation sites excluding steroid dienone is 1. The van der Waals surface area contributed by atoms with Gasteiger partial charge in [0.05, 0.1) is 10.6 Å². The van der Waals surface area contributed by atoms with E-state index in [-0.39, 0.29) is 0 Å². The van der Waals surface area contributed by atoms with E-state index in [1.807, 2.05) is 6.92 Å². The lowest BCUT2D eigenvalue weighted by Gasteiger charge is -1.98. The second kappa shape index (κ2) is 2.68. The molecular weight excluding hydrogens is 132 g/mol. The van der Waals surface area contributed by atoms with Gasteiger partial charge in [0.15, 0.2) is 0 Å². The summed E-state index contributed by atoms with van der Waals surface area (Å²) in [6.07, 6.45) is 2.05. The lowest BCUT2D eigenvalue weighted by atomic mass is 10.1. The van der Waals surface area contributed by atoms with Gasteiger partial charge in [0.2, 0.25) is 0 Å². The molecule has 0 aromatic rings. The summed E-state index contributed by atoms with van der Waals surface area (Å²) in [4.78, 5) is 9.58. The Morgan fingerprint density at radius 3 is 3.00 bits per heavy atom. The molecule has 0 radical (unpaired) electrons. The Morgan fingerprint density at radius 2 is 2.60 bits per heavy atom. The molecule has 4 heteroatoms. The van der Waals surface area contributed by atoms with E-state index in [0.29, 0.717) is 5.92 Å². The van der Waals surface area contributed by atoms with Crippen LogP contribution in [0.25, 0.3) is 0 Å². The van der Waals surface area contributed by atoms with Crippen molar-refractivity contribution in [2.45, 2.75) is 13.3 Å². The van der Waals surface area contributed by atoms with Crippen LogP contribution in [0, 0.1) is 16.0 Å². The van der Waals surface area contributed by atoms with Crippen LogP contribution in [0.5, 0.6) is 0 Å². The first kappa shape index (κ1) is 7.05. The van der Waals surface area contributed by atoms with E-state index in [1.54, 1.807) is 0 Å². The van der Waals surface area contributed by atoms with Gasteiger partial charge in [0.1, 0.15) is 0 Å². The average molecular weight is 142 g/mol. The van der Waals surface area contributed by atoms with E-state index in [4.69, 9.17) is 0 Å². The summed E-state index contributed by atoms with van der Waals surface area (Å²) in [6, 6.07) is 0. The number of hydrogen-bond acceptors (Lipinski definition) is 3. The minimum absolute atomic E-state index is 0.324. The maximum atomic E-state index is 9.99. The van der Waals surface area contributed by atoms with Crippen LogP contribution in [-0.2, 0) is 0 Å². The van der Waals surface area contributed by atoms with Crippen LogP contribution >= 0.6 is 0 Å². The average Bonchev–Trinajstić information content (AvgIpc) is 2.15.